The van der Waals surface area contributed by atoms with Crippen molar-refractivity contribution < 1.29 is 13.6 Å². The molecule has 144 valence electrons. The Morgan fingerprint density at radius 2 is 1.93 bits per heavy atom. The number of nitrogens with zero attached hydrogens (tertiary/aromatic N) is 2. The molecule has 1 aromatic heterocycles. The van der Waals surface area contributed by atoms with Gasteiger partial charge in [0.2, 0.25) is 5.91 Å². The SMILES string of the molecule is CCC(Sc1nnc(-c2ccccc2)c(=O)[nH]1)C(=O)Nc1ccc(F)cc1F. The second-order valence-corrected chi connectivity index (χ2v) is 6.99. The summed E-state index contributed by atoms with van der Waals surface area (Å²) >= 11 is 1.01. The Morgan fingerprint density at radius 1 is 1.18 bits per heavy atom. The first kappa shape index (κ1) is 19.7. The summed E-state index contributed by atoms with van der Waals surface area (Å²) in [6.45, 7) is 1.77. The van der Waals surface area contributed by atoms with Gasteiger partial charge in [0.05, 0.1) is 10.9 Å². The zero-order valence-electron chi connectivity index (χ0n) is 14.8. The number of nitrogens with one attached hydrogen (secondary N) is 2. The summed E-state index contributed by atoms with van der Waals surface area (Å²) in [5.41, 5.74) is 0.258. The topological polar surface area (TPSA) is 87.7 Å². The van der Waals surface area contributed by atoms with Crippen molar-refractivity contribution in [3.05, 3.63) is 70.5 Å². The maximum absolute atomic E-state index is 13.7. The molecule has 1 amide bonds. The molecule has 0 aliphatic carbocycles. The molecule has 3 aromatic rings. The average Bonchev–Trinajstić information content (AvgIpc) is 2.69. The van der Waals surface area contributed by atoms with Crippen LogP contribution >= 0.6 is 11.8 Å². The Hall–Kier alpha value is -3.07. The van der Waals surface area contributed by atoms with Crippen molar-refractivity contribution in [2.45, 2.75) is 23.8 Å². The van der Waals surface area contributed by atoms with Crippen molar-refractivity contribution in [3.8, 4) is 11.3 Å². The highest BCUT2D eigenvalue weighted by Gasteiger charge is 2.21. The summed E-state index contributed by atoms with van der Waals surface area (Å²) in [5, 5.41) is 9.87. The lowest BCUT2D eigenvalue weighted by Gasteiger charge is -2.14. The number of benzene rings is 2. The Bertz CT molecular complexity index is 1040. The molecular formula is C19H16F2N4O2S. The van der Waals surface area contributed by atoms with Crippen molar-refractivity contribution in [2.24, 2.45) is 0 Å². The van der Waals surface area contributed by atoms with Crippen LogP contribution in [0.15, 0.2) is 58.5 Å². The molecule has 2 N–H and O–H groups in total. The number of hydrogen-bond donors (Lipinski definition) is 2. The molecule has 0 aliphatic rings. The van der Waals surface area contributed by atoms with Crippen LogP contribution in [0.25, 0.3) is 11.3 Å². The maximum Gasteiger partial charge on any atom is 0.278 e. The quantitative estimate of drug-likeness (QED) is 0.615. The second kappa shape index (κ2) is 8.75. The molecule has 1 unspecified atom stereocenters. The van der Waals surface area contributed by atoms with Crippen LogP contribution in [-0.2, 0) is 4.79 Å². The molecule has 0 saturated heterocycles. The molecule has 1 atom stereocenters. The third kappa shape index (κ3) is 4.61. The first-order chi connectivity index (χ1) is 13.5. The predicted octanol–water partition coefficient (Wildman–Crippen LogP) is 3.62. The van der Waals surface area contributed by atoms with Gasteiger partial charge in [-0.15, -0.1) is 10.2 Å². The summed E-state index contributed by atoms with van der Waals surface area (Å²) in [4.78, 5) is 27.3. The van der Waals surface area contributed by atoms with Crippen molar-refractivity contribution in [1.29, 1.82) is 0 Å². The summed E-state index contributed by atoms with van der Waals surface area (Å²) in [6, 6.07) is 11.8. The number of hydrogen-bond acceptors (Lipinski definition) is 5. The van der Waals surface area contributed by atoms with E-state index in [1.165, 1.54) is 0 Å². The first-order valence-electron chi connectivity index (χ1n) is 8.43. The van der Waals surface area contributed by atoms with Gasteiger partial charge in [-0.2, -0.15) is 0 Å². The fourth-order valence-corrected chi connectivity index (χ4v) is 3.26. The van der Waals surface area contributed by atoms with Crippen LogP contribution in [0, 0.1) is 11.6 Å². The van der Waals surface area contributed by atoms with Gasteiger partial charge in [0, 0.05) is 11.6 Å². The molecule has 6 nitrogen and oxygen atoms in total. The van der Waals surface area contributed by atoms with E-state index in [-0.39, 0.29) is 16.5 Å². The molecule has 2 aromatic carbocycles. The van der Waals surface area contributed by atoms with Crippen LogP contribution in [0.5, 0.6) is 0 Å². The minimum Gasteiger partial charge on any atom is -0.323 e. The third-order valence-electron chi connectivity index (χ3n) is 3.83. The van der Waals surface area contributed by atoms with Gasteiger partial charge in [-0.25, -0.2) is 8.78 Å². The standard InChI is InChI=1S/C19H16F2N4O2S/c1-2-15(17(26)22-14-9-8-12(20)10-13(14)21)28-19-23-18(27)16(24-25-19)11-6-4-3-5-7-11/h3-10,15H,2H2,1H3,(H,22,26)(H,23,25,27). The number of aromatic nitrogens is 3. The molecule has 9 heteroatoms. The molecule has 0 spiro atoms. The minimum absolute atomic E-state index is 0.121. The van der Waals surface area contributed by atoms with E-state index < -0.39 is 28.4 Å². The van der Waals surface area contributed by atoms with Crippen LogP contribution in [0.4, 0.5) is 14.5 Å². The zero-order valence-corrected chi connectivity index (χ0v) is 15.6. The summed E-state index contributed by atoms with van der Waals surface area (Å²) in [5.74, 6) is -2.09. The van der Waals surface area contributed by atoms with Crippen molar-refractivity contribution in [3.63, 3.8) is 0 Å². The number of anilines is 1. The lowest BCUT2D eigenvalue weighted by Crippen LogP contribution is -2.26. The van der Waals surface area contributed by atoms with Crippen LogP contribution < -0.4 is 10.9 Å². The predicted molar refractivity (Wildman–Crippen MR) is 103 cm³/mol. The molecule has 0 fully saturated rings. The van der Waals surface area contributed by atoms with E-state index in [0.717, 1.165) is 23.9 Å². The smallest absolute Gasteiger partial charge is 0.278 e. The van der Waals surface area contributed by atoms with Crippen LogP contribution in [0.3, 0.4) is 0 Å². The minimum atomic E-state index is -0.867. The number of halogens is 2. The van der Waals surface area contributed by atoms with E-state index in [4.69, 9.17) is 0 Å². The van der Waals surface area contributed by atoms with Gasteiger partial charge in [-0.1, -0.05) is 49.0 Å². The van der Waals surface area contributed by atoms with E-state index in [1.807, 2.05) is 6.07 Å². The number of carbonyl (C=O) groups is 1. The second-order valence-electron chi connectivity index (χ2n) is 5.80. The molecular weight excluding hydrogens is 386 g/mol. The van der Waals surface area contributed by atoms with Crippen molar-refractivity contribution in [1.82, 2.24) is 15.2 Å². The highest BCUT2D eigenvalue weighted by atomic mass is 32.2. The van der Waals surface area contributed by atoms with Crippen LogP contribution in [0.1, 0.15) is 13.3 Å². The highest BCUT2D eigenvalue weighted by Crippen LogP contribution is 2.24. The molecule has 3 rings (SSSR count). The summed E-state index contributed by atoms with van der Waals surface area (Å²) in [7, 11) is 0. The Balaban J connectivity index is 1.74. The fourth-order valence-electron chi connectivity index (χ4n) is 2.42. The zero-order chi connectivity index (χ0) is 20.1. The van der Waals surface area contributed by atoms with Gasteiger partial charge in [0.25, 0.3) is 5.56 Å². The molecule has 0 aliphatic heterocycles. The van der Waals surface area contributed by atoms with Crippen molar-refractivity contribution >= 4 is 23.4 Å². The van der Waals surface area contributed by atoms with E-state index >= 15 is 0 Å². The summed E-state index contributed by atoms with van der Waals surface area (Å²) in [6.07, 6.45) is 0.392. The lowest BCUT2D eigenvalue weighted by molar-refractivity contribution is -0.115. The number of carbonyl (C=O) groups excluding carboxylic acids is 1. The Kier molecular flexibility index (Phi) is 6.15. The van der Waals surface area contributed by atoms with Gasteiger partial charge in [0.1, 0.15) is 11.6 Å². The normalized spacial score (nSPS) is 11.8. The van der Waals surface area contributed by atoms with Crippen LogP contribution in [0.2, 0.25) is 0 Å². The fraction of sp³-hybridized carbons (Fsp3) is 0.158. The average molecular weight is 402 g/mol. The number of aromatic amines is 1. The van der Waals surface area contributed by atoms with Crippen LogP contribution in [-0.4, -0.2) is 26.3 Å². The van der Waals surface area contributed by atoms with Gasteiger partial charge in [-0.05, 0) is 18.6 Å². The van der Waals surface area contributed by atoms with Gasteiger partial charge in [-0.3, -0.25) is 14.6 Å². The van der Waals surface area contributed by atoms with E-state index in [9.17, 15) is 18.4 Å². The van der Waals surface area contributed by atoms with Gasteiger partial charge in [0.15, 0.2) is 10.9 Å². The largest absolute Gasteiger partial charge is 0.323 e. The van der Waals surface area contributed by atoms with Gasteiger partial charge < -0.3 is 5.32 Å². The molecule has 28 heavy (non-hydrogen) atoms. The van der Waals surface area contributed by atoms with E-state index in [0.29, 0.717) is 18.1 Å². The number of H-pyrrole nitrogens is 1. The maximum atomic E-state index is 13.7. The number of amides is 1. The molecule has 0 bridgehead atoms. The molecule has 0 saturated carbocycles. The Labute approximate surface area is 163 Å². The third-order valence-corrected chi connectivity index (χ3v) is 5.07. The first-order valence-corrected chi connectivity index (χ1v) is 9.31. The Morgan fingerprint density at radius 3 is 2.57 bits per heavy atom. The van der Waals surface area contributed by atoms with E-state index in [2.05, 4.69) is 20.5 Å². The molecule has 1 heterocycles. The molecule has 0 radical (unpaired) electrons. The highest BCUT2D eigenvalue weighted by molar-refractivity contribution is 8.00. The van der Waals surface area contributed by atoms with E-state index in [1.54, 1.807) is 31.2 Å². The lowest BCUT2D eigenvalue weighted by atomic mass is 10.2. The summed E-state index contributed by atoms with van der Waals surface area (Å²) < 4.78 is 26.7. The monoisotopic (exact) mass is 402 g/mol. The number of rotatable bonds is 6. The van der Waals surface area contributed by atoms with Gasteiger partial charge >= 0.3 is 0 Å². The van der Waals surface area contributed by atoms with Crippen molar-refractivity contribution in [2.75, 3.05) is 5.32 Å². The number of thioether (sulfide) groups is 1.